The Bertz CT molecular complexity index is 528. The van der Waals surface area contributed by atoms with Gasteiger partial charge in [0, 0.05) is 43.3 Å². The largest absolute Gasteiger partial charge is 0.392 e. The molecule has 1 heterocycles. The van der Waals surface area contributed by atoms with Gasteiger partial charge in [-0.2, -0.15) is 0 Å². The van der Waals surface area contributed by atoms with Gasteiger partial charge in [0.15, 0.2) is 0 Å². The van der Waals surface area contributed by atoms with E-state index in [0.717, 1.165) is 26.2 Å². The number of hydrogen-bond acceptors (Lipinski definition) is 3. The first-order valence-electron chi connectivity index (χ1n) is 7.02. The molecule has 0 bridgehead atoms. The van der Waals surface area contributed by atoms with Gasteiger partial charge >= 0.3 is 0 Å². The molecule has 1 aromatic carbocycles. The smallest absolute Gasteiger partial charge is 0.129 e. The Kier molecular flexibility index (Phi) is 5.20. The van der Waals surface area contributed by atoms with E-state index in [9.17, 15) is 4.39 Å². The van der Waals surface area contributed by atoms with Crippen molar-refractivity contribution >= 4 is 28.8 Å². The molecule has 1 aromatic rings. The number of rotatable bonds is 4. The van der Waals surface area contributed by atoms with E-state index in [1.165, 1.54) is 6.07 Å². The average molecular weight is 330 g/mol. The molecule has 6 heteroatoms. The molecular weight excluding hydrogens is 309 g/mol. The van der Waals surface area contributed by atoms with Crippen molar-refractivity contribution in [2.45, 2.75) is 25.9 Å². The molecule has 0 aliphatic carbocycles. The second-order valence-electron chi connectivity index (χ2n) is 5.92. The van der Waals surface area contributed by atoms with Gasteiger partial charge in [0.2, 0.25) is 0 Å². The highest BCUT2D eigenvalue weighted by Gasteiger charge is 2.32. The monoisotopic (exact) mass is 329 g/mol. The third kappa shape index (κ3) is 3.92. The van der Waals surface area contributed by atoms with Crippen molar-refractivity contribution in [2.24, 2.45) is 5.73 Å². The highest BCUT2D eigenvalue weighted by Crippen LogP contribution is 2.20. The second-order valence-corrected chi connectivity index (χ2v) is 6.80. The van der Waals surface area contributed by atoms with Gasteiger partial charge in [-0.25, -0.2) is 4.39 Å². The van der Waals surface area contributed by atoms with Crippen LogP contribution < -0.4 is 5.73 Å². The summed E-state index contributed by atoms with van der Waals surface area (Å²) in [5, 5.41) is 0.430. The summed E-state index contributed by atoms with van der Waals surface area (Å²) in [5.74, 6) is -0.242. The van der Waals surface area contributed by atoms with E-state index in [1.807, 2.05) is 13.8 Å². The van der Waals surface area contributed by atoms with Crippen molar-refractivity contribution in [3.8, 4) is 0 Å². The summed E-state index contributed by atoms with van der Waals surface area (Å²) in [5.41, 5.74) is 6.22. The number of nitrogens with zero attached hydrogens (tertiary/aromatic N) is 2. The number of nitrogens with two attached hydrogens (primary N) is 1. The van der Waals surface area contributed by atoms with Crippen molar-refractivity contribution in [1.82, 2.24) is 9.80 Å². The van der Waals surface area contributed by atoms with Crippen LogP contribution in [0.4, 0.5) is 4.39 Å². The molecule has 0 aromatic heterocycles. The molecule has 0 radical (unpaired) electrons. The molecule has 1 aliphatic heterocycles. The predicted octanol–water partition coefficient (Wildman–Crippen LogP) is 2.66. The Morgan fingerprint density at radius 2 is 1.95 bits per heavy atom. The summed E-state index contributed by atoms with van der Waals surface area (Å²) in [4.78, 5) is 5.03. The normalized spacial score (nSPS) is 17.9. The van der Waals surface area contributed by atoms with Crippen LogP contribution in [0.5, 0.6) is 0 Å². The van der Waals surface area contributed by atoms with Crippen molar-refractivity contribution in [2.75, 3.05) is 26.2 Å². The summed E-state index contributed by atoms with van der Waals surface area (Å²) in [7, 11) is 0. The molecule has 21 heavy (non-hydrogen) atoms. The lowest BCUT2D eigenvalue weighted by Crippen LogP contribution is -2.59. The minimum atomic E-state index is -0.271. The van der Waals surface area contributed by atoms with E-state index in [0.29, 0.717) is 22.1 Å². The maximum Gasteiger partial charge on any atom is 0.129 e. The third-order valence-corrected chi connectivity index (χ3v) is 4.91. The molecule has 116 valence electrons. The Morgan fingerprint density at radius 1 is 1.33 bits per heavy atom. The number of benzene rings is 1. The molecule has 2 N–H and O–H groups in total. The average Bonchev–Trinajstić information content (AvgIpc) is 2.42. The predicted molar refractivity (Wildman–Crippen MR) is 89.1 cm³/mol. The van der Waals surface area contributed by atoms with Crippen LogP contribution in [0.25, 0.3) is 0 Å². The highest BCUT2D eigenvalue weighted by molar-refractivity contribution is 7.80. The van der Waals surface area contributed by atoms with E-state index in [2.05, 4.69) is 9.80 Å². The van der Waals surface area contributed by atoms with Crippen LogP contribution in [0.3, 0.4) is 0 Å². The minimum Gasteiger partial charge on any atom is -0.392 e. The molecule has 0 saturated carbocycles. The summed E-state index contributed by atoms with van der Waals surface area (Å²) in [6, 6.07) is 4.85. The highest BCUT2D eigenvalue weighted by atomic mass is 35.5. The Hall–Kier alpha value is -0.750. The Labute approximate surface area is 135 Å². The van der Waals surface area contributed by atoms with Crippen LogP contribution in [0, 0.1) is 5.82 Å². The fourth-order valence-corrected chi connectivity index (χ4v) is 2.80. The maximum atomic E-state index is 13.8. The molecular formula is C15H21ClFN3S. The number of thiocarbonyl (C=S) groups is 1. The van der Waals surface area contributed by atoms with Gasteiger partial charge in [-0.05, 0) is 26.0 Å². The SMILES string of the molecule is CC(C)(C(N)=S)N1CCN(Cc2ccc(Cl)cc2F)CC1. The van der Waals surface area contributed by atoms with Crippen molar-refractivity contribution < 1.29 is 4.39 Å². The fourth-order valence-electron chi connectivity index (χ4n) is 2.51. The zero-order chi connectivity index (χ0) is 15.6. The standard InChI is InChI=1S/C15H21ClFN3S/c1-15(2,14(18)21)20-7-5-19(6-8-20)10-11-3-4-12(16)9-13(11)17/h3-4,9H,5-8,10H2,1-2H3,(H2,18,21). The van der Waals surface area contributed by atoms with Gasteiger partial charge in [0.25, 0.3) is 0 Å². The van der Waals surface area contributed by atoms with Crippen LogP contribution in [0.1, 0.15) is 19.4 Å². The van der Waals surface area contributed by atoms with E-state index in [-0.39, 0.29) is 11.4 Å². The Balaban J connectivity index is 1.94. The van der Waals surface area contributed by atoms with Gasteiger partial charge in [-0.15, -0.1) is 0 Å². The lowest BCUT2D eigenvalue weighted by atomic mass is 10.0. The summed E-state index contributed by atoms with van der Waals surface area (Å²) in [6.07, 6.45) is 0. The van der Waals surface area contributed by atoms with E-state index in [1.54, 1.807) is 12.1 Å². The molecule has 1 aliphatic rings. The number of hydrogen-bond donors (Lipinski definition) is 1. The molecule has 2 rings (SSSR count). The topological polar surface area (TPSA) is 32.5 Å². The van der Waals surface area contributed by atoms with E-state index < -0.39 is 0 Å². The van der Waals surface area contributed by atoms with Crippen LogP contribution in [-0.2, 0) is 6.54 Å². The van der Waals surface area contributed by atoms with Crippen LogP contribution in [-0.4, -0.2) is 46.5 Å². The summed E-state index contributed by atoms with van der Waals surface area (Å²) < 4.78 is 13.8. The molecule has 0 spiro atoms. The van der Waals surface area contributed by atoms with Gasteiger partial charge < -0.3 is 5.73 Å². The summed E-state index contributed by atoms with van der Waals surface area (Å²) >= 11 is 10.9. The van der Waals surface area contributed by atoms with Gasteiger partial charge in [0.05, 0.1) is 10.5 Å². The van der Waals surface area contributed by atoms with Gasteiger partial charge in [0.1, 0.15) is 5.82 Å². The molecule has 0 atom stereocenters. The number of piperazine rings is 1. The van der Waals surface area contributed by atoms with Gasteiger partial charge in [-0.3, -0.25) is 9.80 Å². The van der Waals surface area contributed by atoms with Crippen LogP contribution >= 0.6 is 23.8 Å². The van der Waals surface area contributed by atoms with Crippen LogP contribution in [0.2, 0.25) is 5.02 Å². The van der Waals surface area contributed by atoms with Crippen molar-refractivity contribution in [3.63, 3.8) is 0 Å². The van der Waals surface area contributed by atoms with Crippen molar-refractivity contribution in [1.29, 1.82) is 0 Å². The molecule has 0 unspecified atom stereocenters. The zero-order valence-electron chi connectivity index (χ0n) is 12.4. The van der Waals surface area contributed by atoms with E-state index in [4.69, 9.17) is 29.6 Å². The number of halogens is 2. The first-order valence-corrected chi connectivity index (χ1v) is 7.80. The molecule has 1 saturated heterocycles. The maximum absolute atomic E-state index is 13.8. The van der Waals surface area contributed by atoms with Crippen molar-refractivity contribution in [3.05, 3.63) is 34.6 Å². The van der Waals surface area contributed by atoms with Gasteiger partial charge in [-0.1, -0.05) is 29.9 Å². The zero-order valence-corrected chi connectivity index (χ0v) is 14.0. The molecule has 3 nitrogen and oxygen atoms in total. The lowest BCUT2D eigenvalue weighted by molar-refractivity contribution is 0.0815. The molecule has 1 fully saturated rings. The fraction of sp³-hybridized carbons (Fsp3) is 0.533. The summed E-state index contributed by atoms with van der Waals surface area (Å²) in [6.45, 7) is 8.18. The minimum absolute atomic E-state index is 0.242. The van der Waals surface area contributed by atoms with E-state index >= 15 is 0 Å². The lowest BCUT2D eigenvalue weighted by Gasteiger charge is -2.43. The molecule has 0 amide bonds. The second kappa shape index (κ2) is 6.57. The third-order valence-electron chi connectivity index (χ3n) is 4.17. The van der Waals surface area contributed by atoms with Crippen LogP contribution in [0.15, 0.2) is 18.2 Å². The Morgan fingerprint density at radius 3 is 2.48 bits per heavy atom. The quantitative estimate of drug-likeness (QED) is 0.861. The first kappa shape index (κ1) is 16.6. The first-order chi connectivity index (χ1) is 9.80.